The second-order valence-electron chi connectivity index (χ2n) is 9.28. The molecule has 5 heteroatoms. The van der Waals surface area contributed by atoms with Crippen LogP contribution in [0, 0.1) is 11.8 Å². The molecule has 1 aliphatic rings. The van der Waals surface area contributed by atoms with E-state index in [1.807, 2.05) is 65.0 Å². The average Bonchev–Trinajstić information content (AvgIpc) is 3.56. The molecule has 1 aliphatic carbocycles. The Morgan fingerprint density at radius 2 is 1.78 bits per heavy atom. The first kappa shape index (κ1) is 31.1. The Labute approximate surface area is 219 Å². The summed E-state index contributed by atoms with van der Waals surface area (Å²) in [5.74, 6) is 3.82. The summed E-state index contributed by atoms with van der Waals surface area (Å²) in [4.78, 5) is 8.94. The van der Waals surface area contributed by atoms with Gasteiger partial charge in [0.05, 0.1) is 0 Å². The van der Waals surface area contributed by atoms with Gasteiger partial charge in [-0.2, -0.15) is 0 Å². The van der Waals surface area contributed by atoms with E-state index in [0.29, 0.717) is 23.8 Å². The molecule has 1 fully saturated rings. The molecular weight excluding hydrogens is 446 g/mol. The number of allylic oxidation sites excluding steroid dienone is 3. The van der Waals surface area contributed by atoms with Crippen LogP contribution in [0.4, 0.5) is 0 Å². The minimum atomic E-state index is 0.503. The Bertz CT molecular complexity index is 976. The predicted octanol–water partition coefficient (Wildman–Crippen LogP) is 9.12. The van der Waals surface area contributed by atoms with Crippen molar-refractivity contribution in [1.82, 2.24) is 5.16 Å². The van der Waals surface area contributed by atoms with Gasteiger partial charge in [-0.25, -0.2) is 0 Å². The van der Waals surface area contributed by atoms with Gasteiger partial charge < -0.3 is 9.26 Å². The molecule has 0 radical (unpaired) electrons. The summed E-state index contributed by atoms with van der Waals surface area (Å²) in [6.07, 6.45) is 10.7. The van der Waals surface area contributed by atoms with E-state index in [1.165, 1.54) is 32.1 Å². The molecule has 0 saturated heterocycles. The summed E-state index contributed by atoms with van der Waals surface area (Å²) in [7, 11) is 1.73. The molecule has 0 bridgehead atoms. The first-order valence-electron chi connectivity index (χ1n) is 13.2. The lowest BCUT2D eigenvalue weighted by Gasteiger charge is -2.15. The second kappa shape index (κ2) is 17.5. The third kappa shape index (κ3) is 9.96. The van der Waals surface area contributed by atoms with Crippen LogP contribution in [-0.2, 0) is 0 Å². The maximum Gasteiger partial charge on any atom is 0.227 e. The van der Waals surface area contributed by atoms with Gasteiger partial charge in [-0.15, -0.1) is 6.58 Å². The van der Waals surface area contributed by atoms with Crippen molar-refractivity contribution in [3.05, 3.63) is 66.1 Å². The Morgan fingerprint density at radius 3 is 2.28 bits per heavy atom. The Morgan fingerprint density at radius 1 is 1.17 bits per heavy atom. The van der Waals surface area contributed by atoms with Crippen molar-refractivity contribution in [1.29, 1.82) is 0 Å². The molecule has 0 aliphatic heterocycles. The number of para-hydroxylation sites is 1. The number of benzene rings is 1. The van der Waals surface area contributed by atoms with Crippen molar-refractivity contribution in [2.75, 3.05) is 13.6 Å². The maximum atomic E-state index is 5.90. The Kier molecular flexibility index (Phi) is 15.1. The summed E-state index contributed by atoms with van der Waals surface area (Å²) in [6.45, 7) is 18.7. The van der Waals surface area contributed by atoms with Crippen molar-refractivity contribution in [2.24, 2.45) is 21.8 Å². The van der Waals surface area contributed by atoms with Crippen LogP contribution in [0.3, 0.4) is 0 Å². The predicted molar refractivity (Wildman–Crippen MR) is 155 cm³/mol. The molecule has 2 aromatic rings. The Balaban J connectivity index is 0.000000446. The normalized spacial score (nSPS) is 14.7. The fourth-order valence-electron chi connectivity index (χ4n) is 4.35. The van der Waals surface area contributed by atoms with E-state index >= 15 is 0 Å². The van der Waals surface area contributed by atoms with E-state index in [1.54, 1.807) is 19.3 Å². The molecular formula is C31H47N3O2. The minimum Gasteiger partial charge on any atom is -0.451 e. The van der Waals surface area contributed by atoms with E-state index in [4.69, 9.17) is 9.26 Å². The highest BCUT2D eigenvalue weighted by molar-refractivity contribution is 6.29. The fourth-order valence-corrected chi connectivity index (χ4v) is 4.35. The van der Waals surface area contributed by atoms with Gasteiger partial charge in [0.15, 0.2) is 5.75 Å². The summed E-state index contributed by atoms with van der Waals surface area (Å²) in [6, 6.07) is 9.52. The van der Waals surface area contributed by atoms with Gasteiger partial charge in [0.25, 0.3) is 0 Å². The van der Waals surface area contributed by atoms with Gasteiger partial charge in [-0.3, -0.25) is 9.98 Å². The van der Waals surface area contributed by atoms with Crippen LogP contribution in [0.15, 0.2) is 74.8 Å². The summed E-state index contributed by atoms with van der Waals surface area (Å²) in [5, 5.41) is 3.89. The fraction of sp³-hybridized carbons (Fsp3) is 0.516. The SMILES string of the molecule is C=CC.CCN=C(C)C(C(=NC)c1oncc1Oc1ccccc1)=C(C)C.CC[C@@H](C)C1CCCC1. The molecule has 3 rings (SSSR count). The smallest absolute Gasteiger partial charge is 0.227 e. The van der Waals surface area contributed by atoms with Crippen LogP contribution < -0.4 is 4.74 Å². The topological polar surface area (TPSA) is 60.0 Å². The van der Waals surface area contributed by atoms with Crippen LogP contribution in [0.1, 0.15) is 86.3 Å². The molecule has 0 N–H and O–H groups in total. The molecule has 0 spiro atoms. The molecule has 5 nitrogen and oxygen atoms in total. The molecule has 36 heavy (non-hydrogen) atoms. The molecule has 1 saturated carbocycles. The van der Waals surface area contributed by atoms with Crippen LogP contribution in [0.25, 0.3) is 0 Å². The molecule has 1 aromatic heterocycles. The third-order valence-corrected chi connectivity index (χ3v) is 6.29. The van der Waals surface area contributed by atoms with Crippen molar-refractivity contribution < 1.29 is 9.26 Å². The lowest BCUT2D eigenvalue weighted by atomic mass is 9.91. The lowest BCUT2D eigenvalue weighted by Crippen LogP contribution is -2.14. The van der Waals surface area contributed by atoms with E-state index in [0.717, 1.165) is 34.4 Å². The van der Waals surface area contributed by atoms with Gasteiger partial charge in [0.2, 0.25) is 5.76 Å². The first-order valence-corrected chi connectivity index (χ1v) is 13.2. The average molecular weight is 494 g/mol. The molecule has 1 aromatic carbocycles. The highest BCUT2D eigenvalue weighted by atomic mass is 16.5. The van der Waals surface area contributed by atoms with E-state index in [9.17, 15) is 0 Å². The van der Waals surface area contributed by atoms with Crippen molar-refractivity contribution in [2.45, 2.75) is 80.6 Å². The third-order valence-electron chi connectivity index (χ3n) is 6.29. The largest absolute Gasteiger partial charge is 0.451 e. The zero-order chi connectivity index (χ0) is 26.9. The van der Waals surface area contributed by atoms with Crippen molar-refractivity contribution >= 4 is 11.4 Å². The maximum absolute atomic E-state index is 5.90. The van der Waals surface area contributed by atoms with E-state index < -0.39 is 0 Å². The molecule has 0 amide bonds. The summed E-state index contributed by atoms with van der Waals surface area (Å²) >= 11 is 0. The number of ether oxygens (including phenoxy) is 1. The summed E-state index contributed by atoms with van der Waals surface area (Å²) in [5.41, 5.74) is 3.66. The Hall–Kier alpha value is -2.95. The van der Waals surface area contributed by atoms with Gasteiger partial charge >= 0.3 is 0 Å². The highest BCUT2D eigenvalue weighted by Gasteiger charge is 2.23. The van der Waals surface area contributed by atoms with E-state index in [-0.39, 0.29) is 0 Å². The molecule has 0 unspecified atom stereocenters. The zero-order valence-corrected chi connectivity index (χ0v) is 23.8. The minimum absolute atomic E-state index is 0.503. The first-order chi connectivity index (χ1) is 17.3. The van der Waals surface area contributed by atoms with Crippen molar-refractivity contribution in [3.63, 3.8) is 0 Å². The van der Waals surface area contributed by atoms with Gasteiger partial charge in [-0.05, 0) is 58.6 Å². The molecule has 198 valence electrons. The van der Waals surface area contributed by atoms with Crippen molar-refractivity contribution in [3.8, 4) is 11.5 Å². The van der Waals surface area contributed by atoms with Crippen LogP contribution >= 0.6 is 0 Å². The van der Waals surface area contributed by atoms with Crippen LogP contribution in [0.2, 0.25) is 0 Å². The second-order valence-corrected chi connectivity index (χ2v) is 9.28. The quantitative estimate of drug-likeness (QED) is 0.272. The number of aliphatic imine (C=N–C) groups is 2. The zero-order valence-electron chi connectivity index (χ0n) is 23.8. The van der Waals surface area contributed by atoms with Gasteiger partial charge in [0.1, 0.15) is 17.7 Å². The number of rotatable bonds is 8. The number of aromatic nitrogens is 1. The van der Waals surface area contributed by atoms with Gasteiger partial charge in [0, 0.05) is 24.9 Å². The summed E-state index contributed by atoms with van der Waals surface area (Å²) < 4.78 is 11.4. The monoisotopic (exact) mass is 493 g/mol. The van der Waals surface area contributed by atoms with Gasteiger partial charge in [-0.1, -0.05) is 81.0 Å². The molecule has 1 heterocycles. The standard InChI is InChI=1S/C19H23N3O2.C9H18.C3H6/c1-6-21-14(4)17(13(2)3)18(20-5)19-16(12-22-24-19)23-15-10-8-7-9-11-15;1-3-8(2)9-6-4-5-7-9;1-3-2/h7-12H,6H2,1-5H3;8-9H,3-7H2,1-2H3;3H,1H2,2H3/t;8-;/m.1./s1. The highest BCUT2D eigenvalue weighted by Crippen LogP contribution is 2.32. The van der Waals surface area contributed by atoms with Crippen LogP contribution in [-0.4, -0.2) is 30.2 Å². The number of nitrogens with zero attached hydrogens (tertiary/aromatic N) is 3. The van der Waals surface area contributed by atoms with Crippen LogP contribution in [0.5, 0.6) is 11.5 Å². The van der Waals surface area contributed by atoms with E-state index in [2.05, 4.69) is 35.6 Å². The molecule has 1 atom stereocenters. The number of hydrogen-bond donors (Lipinski definition) is 0. The lowest BCUT2D eigenvalue weighted by molar-refractivity contribution is 0.357. The number of hydrogen-bond acceptors (Lipinski definition) is 5.